The number of morpholine rings is 1. The van der Waals surface area contributed by atoms with E-state index >= 15 is 0 Å². The Morgan fingerprint density at radius 3 is 2.50 bits per heavy atom. The third kappa shape index (κ3) is 4.43. The summed E-state index contributed by atoms with van der Waals surface area (Å²) in [6.07, 6.45) is 2.90. The van der Waals surface area contributed by atoms with Gasteiger partial charge in [0.1, 0.15) is 0 Å². The number of fused-ring (bicyclic) bond motifs is 1. The molecule has 0 aliphatic carbocycles. The Morgan fingerprint density at radius 1 is 1.03 bits per heavy atom. The van der Waals surface area contributed by atoms with Gasteiger partial charge in [-0.3, -0.25) is 14.5 Å². The minimum absolute atomic E-state index is 0.00680. The zero-order chi connectivity index (χ0) is 22.2. The Balaban J connectivity index is 1.13. The summed E-state index contributed by atoms with van der Waals surface area (Å²) in [7, 11) is 0. The van der Waals surface area contributed by atoms with Crippen LogP contribution in [0.25, 0.3) is 0 Å². The van der Waals surface area contributed by atoms with E-state index in [0.717, 1.165) is 51.3 Å². The van der Waals surface area contributed by atoms with Gasteiger partial charge in [0.2, 0.25) is 18.6 Å². The maximum atomic E-state index is 13.2. The number of piperidine rings is 1. The second kappa shape index (κ2) is 8.90. The maximum absolute atomic E-state index is 13.2. The molecule has 0 spiro atoms. The maximum Gasteiger partial charge on any atom is 0.231 e. The molecule has 4 aliphatic rings. The van der Waals surface area contributed by atoms with Gasteiger partial charge >= 0.3 is 0 Å². The summed E-state index contributed by atoms with van der Waals surface area (Å²) in [4.78, 5) is 32.0. The molecule has 1 aromatic rings. The van der Waals surface area contributed by atoms with E-state index in [4.69, 9.17) is 14.2 Å². The third-order valence-corrected chi connectivity index (χ3v) is 7.08. The molecule has 3 atom stereocenters. The Labute approximate surface area is 189 Å². The molecule has 3 unspecified atom stereocenters. The molecule has 4 aliphatic heterocycles. The standard InChI is InChI=1S/C24H33N3O5/c1-16-11-25(12-17(2)32-16)13-18-5-7-26(8-6-18)24(29)19-9-23(28)27(14-19)20-3-4-21-22(10-20)31-15-30-21/h3-4,10,16-19H,5-9,11-15H2,1-2H3. The van der Waals surface area contributed by atoms with E-state index in [1.807, 2.05) is 23.1 Å². The fourth-order valence-electron chi connectivity index (χ4n) is 5.57. The van der Waals surface area contributed by atoms with E-state index in [-0.39, 0.29) is 43.2 Å². The van der Waals surface area contributed by atoms with Gasteiger partial charge < -0.3 is 24.0 Å². The molecule has 3 fully saturated rings. The number of rotatable bonds is 4. The van der Waals surface area contributed by atoms with Crippen LogP contribution in [0.1, 0.15) is 33.1 Å². The van der Waals surface area contributed by atoms with E-state index in [2.05, 4.69) is 18.7 Å². The number of carbonyl (C=O) groups is 2. The zero-order valence-corrected chi connectivity index (χ0v) is 19.0. The summed E-state index contributed by atoms with van der Waals surface area (Å²) >= 11 is 0. The van der Waals surface area contributed by atoms with Crippen molar-refractivity contribution in [3.8, 4) is 11.5 Å². The van der Waals surface area contributed by atoms with Gasteiger partial charge in [-0.15, -0.1) is 0 Å². The Kier molecular flexibility index (Phi) is 5.99. The fraction of sp³-hybridized carbons (Fsp3) is 0.667. The number of nitrogens with zero attached hydrogens (tertiary/aromatic N) is 3. The molecule has 0 N–H and O–H groups in total. The van der Waals surface area contributed by atoms with Gasteiger partial charge in [-0.1, -0.05) is 0 Å². The van der Waals surface area contributed by atoms with Crippen molar-refractivity contribution in [2.45, 2.75) is 45.3 Å². The topological polar surface area (TPSA) is 71.6 Å². The molecule has 32 heavy (non-hydrogen) atoms. The Morgan fingerprint density at radius 2 is 1.75 bits per heavy atom. The number of carbonyl (C=O) groups excluding carboxylic acids is 2. The first kappa shape index (κ1) is 21.5. The van der Waals surface area contributed by atoms with Crippen LogP contribution in [0, 0.1) is 11.8 Å². The zero-order valence-electron chi connectivity index (χ0n) is 19.0. The van der Waals surface area contributed by atoms with Crippen molar-refractivity contribution in [1.82, 2.24) is 9.80 Å². The highest BCUT2D eigenvalue weighted by Gasteiger charge is 2.38. The lowest BCUT2D eigenvalue weighted by molar-refractivity contribution is -0.137. The number of anilines is 1. The summed E-state index contributed by atoms with van der Waals surface area (Å²) in [5.41, 5.74) is 0.766. The molecule has 0 bridgehead atoms. The third-order valence-electron chi connectivity index (χ3n) is 7.08. The predicted octanol–water partition coefficient (Wildman–Crippen LogP) is 2.12. The van der Waals surface area contributed by atoms with E-state index < -0.39 is 0 Å². The normalized spacial score (nSPS) is 29.1. The minimum Gasteiger partial charge on any atom is -0.454 e. The largest absolute Gasteiger partial charge is 0.454 e. The number of ether oxygens (including phenoxy) is 3. The van der Waals surface area contributed by atoms with Crippen LogP contribution in [-0.2, 0) is 14.3 Å². The van der Waals surface area contributed by atoms with Crippen LogP contribution < -0.4 is 14.4 Å². The Hall–Kier alpha value is -2.32. The number of likely N-dealkylation sites (tertiary alicyclic amines) is 1. The number of hydrogen-bond acceptors (Lipinski definition) is 6. The van der Waals surface area contributed by atoms with Gasteiger partial charge in [0.15, 0.2) is 11.5 Å². The van der Waals surface area contributed by atoms with Crippen molar-refractivity contribution >= 4 is 17.5 Å². The first-order valence-electron chi connectivity index (χ1n) is 11.8. The molecule has 0 saturated carbocycles. The molecule has 1 aromatic carbocycles. The molecule has 2 amide bonds. The van der Waals surface area contributed by atoms with Gasteiger partial charge in [0.25, 0.3) is 0 Å². The summed E-state index contributed by atoms with van der Waals surface area (Å²) in [5.74, 6) is 1.80. The first-order chi connectivity index (χ1) is 15.5. The average Bonchev–Trinajstić information content (AvgIpc) is 3.39. The summed E-state index contributed by atoms with van der Waals surface area (Å²) in [6, 6.07) is 5.50. The quantitative estimate of drug-likeness (QED) is 0.710. The number of hydrogen-bond donors (Lipinski definition) is 0. The smallest absolute Gasteiger partial charge is 0.231 e. The van der Waals surface area contributed by atoms with Gasteiger partial charge in [-0.2, -0.15) is 0 Å². The SMILES string of the molecule is CC1CN(CC2CCN(C(=O)C3CC(=O)N(c4ccc5c(c4)OCO5)C3)CC2)CC(C)O1. The number of benzene rings is 1. The van der Waals surface area contributed by atoms with Crippen LogP contribution in [0.5, 0.6) is 11.5 Å². The Bertz CT molecular complexity index is 859. The van der Waals surface area contributed by atoms with Crippen LogP contribution in [0.2, 0.25) is 0 Å². The first-order valence-corrected chi connectivity index (χ1v) is 11.8. The molecule has 0 radical (unpaired) electrons. The monoisotopic (exact) mass is 443 g/mol. The molecule has 4 heterocycles. The fourth-order valence-corrected chi connectivity index (χ4v) is 5.57. The van der Waals surface area contributed by atoms with Crippen LogP contribution in [0.3, 0.4) is 0 Å². The van der Waals surface area contributed by atoms with Crippen LogP contribution in [-0.4, -0.2) is 79.9 Å². The molecule has 174 valence electrons. The molecular formula is C24H33N3O5. The van der Waals surface area contributed by atoms with Gasteiger partial charge in [-0.25, -0.2) is 0 Å². The van der Waals surface area contributed by atoms with E-state index in [1.54, 1.807) is 4.90 Å². The van der Waals surface area contributed by atoms with Crippen molar-refractivity contribution in [1.29, 1.82) is 0 Å². The van der Waals surface area contributed by atoms with E-state index in [1.165, 1.54) is 0 Å². The highest BCUT2D eigenvalue weighted by Crippen LogP contribution is 2.37. The van der Waals surface area contributed by atoms with Gasteiger partial charge in [0.05, 0.1) is 18.1 Å². The van der Waals surface area contributed by atoms with Gasteiger partial charge in [0, 0.05) is 57.4 Å². The minimum atomic E-state index is -0.273. The predicted molar refractivity (Wildman–Crippen MR) is 119 cm³/mol. The molecule has 8 heteroatoms. The molecule has 5 rings (SSSR count). The summed E-state index contributed by atoms with van der Waals surface area (Å²) in [5, 5.41) is 0. The molecule has 0 aromatic heterocycles. The van der Waals surface area contributed by atoms with Crippen LogP contribution >= 0.6 is 0 Å². The van der Waals surface area contributed by atoms with Gasteiger partial charge in [-0.05, 0) is 44.7 Å². The van der Waals surface area contributed by atoms with Crippen molar-refractivity contribution in [3.05, 3.63) is 18.2 Å². The molecule has 8 nitrogen and oxygen atoms in total. The van der Waals surface area contributed by atoms with E-state index in [9.17, 15) is 9.59 Å². The molecular weight excluding hydrogens is 410 g/mol. The average molecular weight is 444 g/mol. The lowest BCUT2D eigenvalue weighted by Crippen LogP contribution is -2.49. The summed E-state index contributed by atoms with van der Waals surface area (Å²) in [6.45, 7) is 9.54. The lowest BCUT2D eigenvalue weighted by Gasteiger charge is -2.39. The van der Waals surface area contributed by atoms with E-state index in [0.29, 0.717) is 24.0 Å². The van der Waals surface area contributed by atoms with Crippen molar-refractivity contribution in [3.63, 3.8) is 0 Å². The second-order valence-electron chi connectivity index (χ2n) is 9.69. The van der Waals surface area contributed by atoms with Crippen molar-refractivity contribution < 1.29 is 23.8 Å². The second-order valence-corrected chi connectivity index (χ2v) is 9.69. The van der Waals surface area contributed by atoms with Crippen molar-refractivity contribution in [2.75, 3.05) is 51.0 Å². The van der Waals surface area contributed by atoms with Crippen LogP contribution in [0.4, 0.5) is 5.69 Å². The number of amides is 2. The van der Waals surface area contributed by atoms with Crippen LogP contribution in [0.15, 0.2) is 18.2 Å². The molecule has 3 saturated heterocycles. The summed E-state index contributed by atoms with van der Waals surface area (Å²) < 4.78 is 16.6. The highest BCUT2D eigenvalue weighted by molar-refractivity contribution is 6.00. The lowest BCUT2D eigenvalue weighted by atomic mass is 9.94. The van der Waals surface area contributed by atoms with Crippen molar-refractivity contribution in [2.24, 2.45) is 11.8 Å². The highest BCUT2D eigenvalue weighted by atomic mass is 16.7.